The van der Waals surface area contributed by atoms with Gasteiger partial charge in [0.2, 0.25) is 11.8 Å². The maximum absolute atomic E-state index is 12.9. The minimum absolute atomic E-state index is 0.0183. The Morgan fingerprint density at radius 1 is 0.857 bits per heavy atom. The van der Waals surface area contributed by atoms with Gasteiger partial charge in [-0.1, -0.05) is 39.5 Å². The number of aliphatic hydroxyl groups is 5. The van der Waals surface area contributed by atoms with Gasteiger partial charge in [-0.25, -0.2) is 4.57 Å². The van der Waals surface area contributed by atoms with E-state index in [1.165, 1.54) is 0 Å². The molecule has 0 spiro atoms. The molecule has 2 aliphatic rings. The Hall–Kier alpha value is -1.31. The van der Waals surface area contributed by atoms with Crippen LogP contribution in [0.25, 0.3) is 0 Å². The minimum atomic E-state index is -4.18. The molecule has 49 heavy (non-hydrogen) atoms. The average Bonchev–Trinajstić information content (AvgIpc) is 3.36. The van der Waals surface area contributed by atoms with Crippen molar-refractivity contribution in [2.24, 2.45) is 10.8 Å². The predicted molar refractivity (Wildman–Crippen MR) is 174 cm³/mol. The standard InChI is InChI=1S/C31H59N2O15P/c1-30(21-35)19-33(20-31(30,2)22-47-49(41,42)43-3)25(37)11-9-7-5-4-6-8-10-24(36)32-12-13-44-14-15-45-16-17-46-29-28(40)27(39)26(38)23(18-34)48-29/h23,26-29,34-35,38-40H,4-22H2,1-3H3,(H,32,36)(H,41,42)/t23-,26-,27+,28+,29+,30+,31-/m1/s1. The number of carbonyl (C=O) groups is 2. The first-order chi connectivity index (χ1) is 23.2. The summed E-state index contributed by atoms with van der Waals surface area (Å²) in [5.74, 6) is -0.0621. The van der Waals surface area contributed by atoms with Crippen molar-refractivity contribution in [1.29, 1.82) is 0 Å². The van der Waals surface area contributed by atoms with Crippen LogP contribution in [0.5, 0.6) is 0 Å². The first kappa shape index (κ1) is 43.9. The highest BCUT2D eigenvalue weighted by atomic mass is 31.2. The summed E-state index contributed by atoms with van der Waals surface area (Å²) < 4.78 is 42.8. The highest BCUT2D eigenvalue weighted by Crippen LogP contribution is 2.50. The molecule has 2 amide bonds. The number of phosphoric acid groups is 1. The van der Waals surface area contributed by atoms with E-state index in [4.69, 9.17) is 23.5 Å². The van der Waals surface area contributed by atoms with Crippen LogP contribution >= 0.6 is 7.82 Å². The summed E-state index contributed by atoms with van der Waals surface area (Å²) in [4.78, 5) is 36.2. The Kier molecular flexibility index (Phi) is 19.6. The number of hydrogen-bond donors (Lipinski definition) is 7. The largest absolute Gasteiger partial charge is 0.471 e. The third kappa shape index (κ3) is 14.3. The van der Waals surface area contributed by atoms with E-state index in [-0.39, 0.29) is 44.8 Å². The van der Waals surface area contributed by atoms with Gasteiger partial charge in [-0.05, 0) is 12.8 Å². The number of nitrogens with zero attached hydrogens (tertiary/aromatic N) is 1. The maximum atomic E-state index is 12.9. The van der Waals surface area contributed by atoms with Crippen molar-refractivity contribution in [3.05, 3.63) is 0 Å². The summed E-state index contributed by atoms with van der Waals surface area (Å²) in [7, 11) is -3.10. The fourth-order valence-electron chi connectivity index (χ4n) is 5.72. The van der Waals surface area contributed by atoms with Crippen molar-refractivity contribution in [3.63, 3.8) is 0 Å². The van der Waals surface area contributed by atoms with Crippen LogP contribution in [0.15, 0.2) is 0 Å². The number of likely N-dealkylation sites (tertiary alicyclic amines) is 1. The summed E-state index contributed by atoms with van der Waals surface area (Å²) in [5, 5.41) is 51.5. The Labute approximate surface area is 288 Å². The number of nitrogens with one attached hydrogen (secondary N) is 1. The van der Waals surface area contributed by atoms with Crippen LogP contribution in [0.2, 0.25) is 0 Å². The van der Waals surface area contributed by atoms with Crippen LogP contribution in [0.3, 0.4) is 0 Å². The second kappa shape index (κ2) is 21.9. The summed E-state index contributed by atoms with van der Waals surface area (Å²) in [6.07, 6.45) is -0.621. The molecule has 0 aromatic rings. The van der Waals surface area contributed by atoms with Crippen molar-refractivity contribution in [2.75, 3.05) is 79.6 Å². The summed E-state index contributed by atoms with van der Waals surface area (Å²) >= 11 is 0. The lowest BCUT2D eigenvalue weighted by molar-refractivity contribution is -0.302. The van der Waals surface area contributed by atoms with Gasteiger partial charge in [0.15, 0.2) is 6.29 Å². The number of rotatable bonds is 25. The topological polar surface area (TPSA) is 243 Å². The molecule has 2 fully saturated rings. The molecular formula is C31H59N2O15P. The lowest BCUT2D eigenvalue weighted by atomic mass is 9.69. The Bertz CT molecular complexity index is 1030. The molecular weight excluding hydrogens is 671 g/mol. The molecule has 2 rings (SSSR count). The van der Waals surface area contributed by atoms with Gasteiger partial charge >= 0.3 is 7.82 Å². The number of aliphatic hydroxyl groups excluding tert-OH is 5. The molecule has 288 valence electrons. The number of unbranched alkanes of at least 4 members (excludes halogenated alkanes) is 5. The molecule has 0 aromatic heterocycles. The molecule has 0 bridgehead atoms. The van der Waals surface area contributed by atoms with Crippen molar-refractivity contribution in [2.45, 2.75) is 95.9 Å². The number of phosphoric ester groups is 1. The molecule has 0 aliphatic carbocycles. The van der Waals surface area contributed by atoms with Gasteiger partial charge in [-0.15, -0.1) is 0 Å². The van der Waals surface area contributed by atoms with Gasteiger partial charge in [0, 0.05) is 50.4 Å². The SMILES string of the molecule is COP(=O)(O)OC[C@@]1(C)CN(C(=O)CCCCCCCCC(=O)NCCOCCOCCO[C@H]2O[C@H](CO)[C@@H](O)[C@H](O)[C@@H]2O)C[C@@]1(C)CO. The molecule has 18 heteroatoms. The first-order valence-electron chi connectivity index (χ1n) is 17.0. The van der Waals surface area contributed by atoms with Gasteiger partial charge in [0.05, 0.1) is 52.9 Å². The van der Waals surface area contributed by atoms with E-state index >= 15 is 0 Å². The molecule has 2 saturated heterocycles. The van der Waals surface area contributed by atoms with Crippen LogP contribution in [-0.4, -0.2) is 157 Å². The smallest absolute Gasteiger partial charge is 0.396 e. The number of ether oxygens (including phenoxy) is 4. The predicted octanol–water partition coefficient (Wildman–Crippen LogP) is -0.316. The van der Waals surface area contributed by atoms with Gasteiger partial charge < -0.3 is 59.6 Å². The number of amides is 2. The van der Waals surface area contributed by atoms with Crippen LogP contribution < -0.4 is 5.32 Å². The third-order valence-electron chi connectivity index (χ3n) is 9.36. The fourth-order valence-corrected chi connectivity index (χ4v) is 6.28. The summed E-state index contributed by atoms with van der Waals surface area (Å²) in [6, 6.07) is 0. The monoisotopic (exact) mass is 730 g/mol. The van der Waals surface area contributed by atoms with Crippen molar-refractivity contribution < 1.29 is 72.6 Å². The zero-order valence-corrected chi connectivity index (χ0v) is 30.0. The average molecular weight is 731 g/mol. The van der Waals surface area contributed by atoms with E-state index in [0.29, 0.717) is 45.7 Å². The second-order valence-corrected chi connectivity index (χ2v) is 14.8. The molecule has 17 nitrogen and oxygen atoms in total. The van der Waals surface area contributed by atoms with Crippen molar-refractivity contribution >= 4 is 19.6 Å². The Balaban J connectivity index is 1.43. The quantitative estimate of drug-likeness (QED) is 0.0471. The number of carbonyl (C=O) groups excluding carboxylic acids is 2. The van der Waals surface area contributed by atoms with Gasteiger partial charge in [-0.3, -0.25) is 18.6 Å². The Morgan fingerprint density at radius 3 is 2.08 bits per heavy atom. The molecule has 1 unspecified atom stereocenters. The molecule has 0 radical (unpaired) electrons. The van der Waals surface area contributed by atoms with Gasteiger partial charge in [0.1, 0.15) is 24.4 Å². The van der Waals surface area contributed by atoms with E-state index in [1.54, 1.807) is 4.90 Å². The normalized spacial score (nSPS) is 30.0. The van der Waals surface area contributed by atoms with E-state index in [0.717, 1.165) is 45.6 Å². The second-order valence-electron chi connectivity index (χ2n) is 13.2. The first-order valence-corrected chi connectivity index (χ1v) is 18.5. The lowest BCUT2D eigenvalue weighted by Crippen LogP contribution is -2.59. The van der Waals surface area contributed by atoms with Crippen molar-refractivity contribution in [1.82, 2.24) is 10.2 Å². The molecule has 7 N–H and O–H groups in total. The van der Waals surface area contributed by atoms with Crippen LogP contribution in [0, 0.1) is 10.8 Å². The zero-order valence-electron chi connectivity index (χ0n) is 29.1. The van der Waals surface area contributed by atoms with E-state index in [9.17, 15) is 44.6 Å². The van der Waals surface area contributed by atoms with Gasteiger partial charge in [0.25, 0.3) is 0 Å². The van der Waals surface area contributed by atoms with Crippen LogP contribution in [0.1, 0.15) is 65.2 Å². The van der Waals surface area contributed by atoms with Crippen LogP contribution in [0.4, 0.5) is 0 Å². The number of hydrogen-bond acceptors (Lipinski definition) is 14. The van der Waals surface area contributed by atoms with E-state index in [1.807, 2.05) is 13.8 Å². The van der Waals surface area contributed by atoms with E-state index < -0.39 is 56.0 Å². The molecule has 0 aromatic carbocycles. The van der Waals surface area contributed by atoms with Crippen LogP contribution in [-0.2, 0) is 42.1 Å². The Morgan fingerprint density at radius 2 is 1.45 bits per heavy atom. The van der Waals surface area contributed by atoms with Gasteiger partial charge in [-0.2, -0.15) is 0 Å². The summed E-state index contributed by atoms with van der Waals surface area (Å²) in [5.41, 5.74) is -1.40. The molecule has 2 heterocycles. The van der Waals surface area contributed by atoms with E-state index in [2.05, 4.69) is 9.84 Å². The zero-order chi connectivity index (χ0) is 36.5. The molecule has 8 atom stereocenters. The highest BCUT2D eigenvalue weighted by molar-refractivity contribution is 7.47. The summed E-state index contributed by atoms with van der Waals surface area (Å²) in [6.45, 7) is 4.98. The maximum Gasteiger partial charge on any atom is 0.471 e. The third-order valence-corrected chi connectivity index (χ3v) is 10.3. The fraction of sp³-hybridized carbons (Fsp3) is 0.935. The lowest BCUT2D eigenvalue weighted by Gasteiger charge is -2.39. The molecule has 0 saturated carbocycles. The highest BCUT2D eigenvalue weighted by Gasteiger charge is 2.53. The minimum Gasteiger partial charge on any atom is -0.396 e. The molecule has 2 aliphatic heterocycles. The van der Waals surface area contributed by atoms with Crippen molar-refractivity contribution in [3.8, 4) is 0 Å².